The molecule has 0 radical (unpaired) electrons. The second kappa shape index (κ2) is 8.26. The standard InChI is InChI=1S/C22H24N4O3/c1-15-21(17(3)25(23-15)19-10-6-5-7-11-19)14-22(27)24(4)16(2)18-9-8-12-20(13-18)26(28)29/h5-13,16H,14H2,1-4H3/t16-/m0/s1. The molecule has 3 aromatic rings. The molecule has 0 saturated heterocycles. The first-order chi connectivity index (χ1) is 13.8. The summed E-state index contributed by atoms with van der Waals surface area (Å²) >= 11 is 0. The molecule has 0 saturated carbocycles. The van der Waals surface area contributed by atoms with Gasteiger partial charge in [-0.2, -0.15) is 5.10 Å². The van der Waals surface area contributed by atoms with Gasteiger partial charge in [0.1, 0.15) is 0 Å². The van der Waals surface area contributed by atoms with Gasteiger partial charge in [0.05, 0.1) is 28.8 Å². The molecule has 0 unspecified atom stereocenters. The van der Waals surface area contributed by atoms with Crippen LogP contribution in [-0.2, 0) is 11.2 Å². The Morgan fingerprint density at radius 3 is 2.52 bits per heavy atom. The predicted molar refractivity (Wildman–Crippen MR) is 111 cm³/mol. The Balaban J connectivity index is 1.80. The Hall–Kier alpha value is -3.48. The van der Waals surface area contributed by atoms with Crippen molar-refractivity contribution in [1.82, 2.24) is 14.7 Å². The number of nitrogens with zero attached hydrogens (tertiary/aromatic N) is 4. The molecule has 150 valence electrons. The molecule has 1 atom stereocenters. The number of likely N-dealkylation sites (N-methyl/N-ethyl adjacent to an activating group) is 1. The number of hydrogen-bond donors (Lipinski definition) is 0. The number of hydrogen-bond acceptors (Lipinski definition) is 4. The molecule has 2 aromatic carbocycles. The van der Waals surface area contributed by atoms with Gasteiger partial charge < -0.3 is 4.90 Å². The number of amides is 1. The van der Waals surface area contributed by atoms with E-state index in [0.717, 1.165) is 28.2 Å². The normalized spacial score (nSPS) is 11.9. The molecule has 1 amide bonds. The van der Waals surface area contributed by atoms with Crippen LogP contribution < -0.4 is 0 Å². The van der Waals surface area contributed by atoms with E-state index in [9.17, 15) is 14.9 Å². The molecule has 0 aliphatic carbocycles. The highest BCUT2D eigenvalue weighted by Crippen LogP contribution is 2.25. The average Bonchev–Trinajstić information content (AvgIpc) is 3.01. The third kappa shape index (κ3) is 4.18. The van der Waals surface area contributed by atoms with E-state index in [4.69, 9.17) is 0 Å². The van der Waals surface area contributed by atoms with Crippen molar-refractivity contribution >= 4 is 11.6 Å². The van der Waals surface area contributed by atoms with Gasteiger partial charge >= 0.3 is 0 Å². The quantitative estimate of drug-likeness (QED) is 0.466. The van der Waals surface area contributed by atoms with Crippen LogP contribution in [0.1, 0.15) is 35.5 Å². The second-order valence-electron chi connectivity index (χ2n) is 7.11. The van der Waals surface area contributed by atoms with Crippen LogP contribution in [0.2, 0.25) is 0 Å². The van der Waals surface area contributed by atoms with Crippen LogP contribution >= 0.6 is 0 Å². The van der Waals surface area contributed by atoms with Crippen LogP contribution in [0.3, 0.4) is 0 Å². The second-order valence-corrected chi connectivity index (χ2v) is 7.11. The summed E-state index contributed by atoms with van der Waals surface area (Å²) in [5, 5.41) is 15.6. The molecule has 29 heavy (non-hydrogen) atoms. The SMILES string of the molecule is Cc1nn(-c2ccccc2)c(C)c1CC(=O)N(C)[C@@H](C)c1cccc([N+](=O)[O-])c1. The molecule has 1 aromatic heterocycles. The molecule has 0 aliphatic heterocycles. The Bertz CT molecular complexity index is 1040. The number of aryl methyl sites for hydroxylation is 1. The van der Waals surface area contributed by atoms with Gasteiger partial charge in [0.15, 0.2) is 0 Å². The van der Waals surface area contributed by atoms with E-state index in [0.29, 0.717) is 0 Å². The maximum atomic E-state index is 13.0. The number of para-hydroxylation sites is 1. The lowest BCUT2D eigenvalue weighted by atomic mass is 10.0. The van der Waals surface area contributed by atoms with Crippen LogP contribution in [0.25, 0.3) is 5.69 Å². The van der Waals surface area contributed by atoms with Gasteiger partial charge in [-0.3, -0.25) is 14.9 Å². The minimum absolute atomic E-state index is 0.0195. The molecule has 0 aliphatic rings. The molecular formula is C22H24N4O3. The van der Waals surface area contributed by atoms with E-state index < -0.39 is 4.92 Å². The summed E-state index contributed by atoms with van der Waals surface area (Å²) in [6.45, 7) is 5.72. The summed E-state index contributed by atoms with van der Waals surface area (Å²) in [6, 6.07) is 15.9. The average molecular weight is 392 g/mol. The van der Waals surface area contributed by atoms with Gasteiger partial charge in [-0.05, 0) is 38.5 Å². The first-order valence-corrected chi connectivity index (χ1v) is 9.40. The fourth-order valence-electron chi connectivity index (χ4n) is 3.37. The Morgan fingerprint density at radius 1 is 1.17 bits per heavy atom. The first-order valence-electron chi connectivity index (χ1n) is 9.40. The summed E-state index contributed by atoms with van der Waals surface area (Å²) in [4.78, 5) is 25.2. The predicted octanol–water partition coefficient (Wildman–Crippen LogP) is 4.16. The lowest BCUT2D eigenvalue weighted by Crippen LogP contribution is -2.31. The van der Waals surface area contributed by atoms with Crippen molar-refractivity contribution in [2.75, 3.05) is 7.05 Å². The maximum Gasteiger partial charge on any atom is 0.269 e. The summed E-state index contributed by atoms with van der Waals surface area (Å²) in [5.74, 6) is -0.0668. The molecule has 0 N–H and O–H groups in total. The summed E-state index contributed by atoms with van der Waals surface area (Å²) in [5.41, 5.74) is 4.34. The third-order valence-corrected chi connectivity index (χ3v) is 5.31. The van der Waals surface area contributed by atoms with Crippen molar-refractivity contribution in [2.24, 2.45) is 0 Å². The topological polar surface area (TPSA) is 81.3 Å². The minimum atomic E-state index is -0.428. The van der Waals surface area contributed by atoms with E-state index in [1.54, 1.807) is 24.1 Å². The summed E-state index contributed by atoms with van der Waals surface area (Å²) < 4.78 is 1.85. The van der Waals surface area contributed by atoms with Crippen molar-refractivity contribution in [1.29, 1.82) is 0 Å². The van der Waals surface area contributed by atoms with Crippen molar-refractivity contribution in [2.45, 2.75) is 33.2 Å². The van der Waals surface area contributed by atoms with Crippen LogP contribution in [0.4, 0.5) is 5.69 Å². The van der Waals surface area contributed by atoms with Gasteiger partial charge in [-0.25, -0.2) is 4.68 Å². The van der Waals surface area contributed by atoms with E-state index in [2.05, 4.69) is 5.10 Å². The summed E-state index contributed by atoms with van der Waals surface area (Å²) in [7, 11) is 1.72. The smallest absolute Gasteiger partial charge is 0.269 e. The highest BCUT2D eigenvalue weighted by Gasteiger charge is 2.22. The number of benzene rings is 2. The maximum absolute atomic E-state index is 13.0. The number of nitro groups is 1. The largest absolute Gasteiger partial charge is 0.339 e. The highest BCUT2D eigenvalue weighted by molar-refractivity contribution is 5.79. The highest BCUT2D eigenvalue weighted by atomic mass is 16.6. The first kappa shape index (κ1) is 20.3. The molecule has 7 heteroatoms. The molecule has 0 spiro atoms. The van der Waals surface area contributed by atoms with Crippen LogP contribution in [0, 0.1) is 24.0 Å². The number of non-ortho nitro benzene ring substituents is 1. The van der Waals surface area contributed by atoms with Gasteiger partial charge in [0.2, 0.25) is 5.91 Å². The lowest BCUT2D eigenvalue weighted by Gasteiger charge is -2.25. The van der Waals surface area contributed by atoms with Gasteiger partial charge in [-0.15, -0.1) is 0 Å². The van der Waals surface area contributed by atoms with Gasteiger partial charge in [0.25, 0.3) is 5.69 Å². The van der Waals surface area contributed by atoms with Gasteiger partial charge in [-0.1, -0.05) is 30.3 Å². The fraction of sp³-hybridized carbons (Fsp3) is 0.273. The third-order valence-electron chi connectivity index (χ3n) is 5.31. The number of carbonyl (C=O) groups excluding carboxylic acids is 1. The van der Waals surface area contributed by atoms with Crippen LogP contribution in [0.15, 0.2) is 54.6 Å². The lowest BCUT2D eigenvalue weighted by molar-refractivity contribution is -0.384. The molecule has 0 bridgehead atoms. The Morgan fingerprint density at radius 2 is 1.86 bits per heavy atom. The zero-order chi connectivity index (χ0) is 21.1. The Labute approximate surface area is 169 Å². The number of carbonyl (C=O) groups is 1. The van der Waals surface area contributed by atoms with Crippen molar-refractivity contribution < 1.29 is 9.72 Å². The zero-order valence-corrected chi connectivity index (χ0v) is 17.0. The number of rotatable bonds is 6. The van der Waals surface area contributed by atoms with Gasteiger partial charge in [0, 0.05) is 30.4 Å². The monoisotopic (exact) mass is 392 g/mol. The van der Waals surface area contributed by atoms with E-state index in [1.807, 2.05) is 55.8 Å². The fourth-order valence-corrected chi connectivity index (χ4v) is 3.37. The zero-order valence-electron chi connectivity index (χ0n) is 17.0. The van der Waals surface area contributed by atoms with Crippen molar-refractivity contribution in [3.05, 3.63) is 87.2 Å². The van der Waals surface area contributed by atoms with Crippen molar-refractivity contribution in [3.8, 4) is 5.69 Å². The molecule has 3 rings (SSSR count). The van der Waals surface area contributed by atoms with E-state index >= 15 is 0 Å². The minimum Gasteiger partial charge on any atom is -0.339 e. The number of nitro benzene ring substituents is 1. The molecule has 1 heterocycles. The molecule has 7 nitrogen and oxygen atoms in total. The molecular weight excluding hydrogens is 368 g/mol. The van der Waals surface area contributed by atoms with E-state index in [1.165, 1.54) is 12.1 Å². The van der Waals surface area contributed by atoms with Crippen molar-refractivity contribution in [3.63, 3.8) is 0 Å². The van der Waals surface area contributed by atoms with Crippen LogP contribution in [-0.4, -0.2) is 32.6 Å². The molecule has 0 fully saturated rings. The van der Waals surface area contributed by atoms with Crippen LogP contribution in [0.5, 0.6) is 0 Å². The number of aromatic nitrogens is 2. The Kier molecular flexibility index (Phi) is 5.77. The summed E-state index contributed by atoms with van der Waals surface area (Å²) in [6.07, 6.45) is 0.222. The van der Waals surface area contributed by atoms with E-state index in [-0.39, 0.29) is 24.1 Å².